The summed E-state index contributed by atoms with van der Waals surface area (Å²) in [6.45, 7) is 4.93. The Morgan fingerprint density at radius 3 is 1.50 bits per heavy atom. The highest BCUT2D eigenvalue weighted by Gasteiger charge is 2.51. The molecule has 1 aliphatic rings. The van der Waals surface area contributed by atoms with Gasteiger partial charge in [-0.3, -0.25) is 24.0 Å². The summed E-state index contributed by atoms with van der Waals surface area (Å²) in [4.78, 5) is 58.8. The van der Waals surface area contributed by atoms with Crippen LogP contribution in [0, 0.1) is 0 Å². The minimum atomic E-state index is -1.33. The Balaban J connectivity index is 2.57. The summed E-state index contributed by atoms with van der Waals surface area (Å²) in [5, 5.41) is 0. The molecule has 2 rings (SSSR count). The highest BCUT2D eigenvalue weighted by molar-refractivity contribution is 5.68. The Morgan fingerprint density at radius 2 is 1.14 bits per heavy atom. The lowest BCUT2D eigenvalue weighted by Gasteiger charge is -2.45. The zero-order valence-corrected chi connectivity index (χ0v) is 20.7. The summed E-state index contributed by atoms with van der Waals surface area (Å²) in [5.74, 6) is -3.47. The SMILES string of the molecule is CC(=O)OCC(OC(C)=O)C1OC(c2ccccc2)OC(C(COC(C)=O)OC(C)=O)C1OC(C)=O. The highest BCUT2D eigenvalue weighted by atomic mass is 16.7. The van der Waals surface area contributed by atoms with Gasteiger partial charge in [-0.1, -0.05) is 30.3 Å². The Hall–Kier alpha value is -3.51. The summed E-state index contributed by atoms with van der Waals surface area (Å²) >= 11 is 0. The zero-order chi connectivity index (χ0) is 26.8. The fourth-order valence-corrected chi connectivity index (χ4v) is 3.57. The first kappa shape index (κ1) is 28.7. The van der Waals surface area contributed by atoms with E-state index < -0.39 is 79.9 Å². The number of carbonyl (C=O) groups excluding carboxylic acids is 5. The largest absolute Gasteiger partial charge is 0.462 e. The van der Waals surface area contributed by atoms with Crippen molar-refractivity contribution in [1.82, 2.24) is 0 Å². The van der Waals surface area contributed by atoms with Crippen LogP contribution in [0.5, 0.6) is 0 Å². The van der Waals surface area contributed by atoms with Crippen molar-refractivity contribution in [3.63, 3.8) is 0 Å². The number of esters is 5. The molecule has 0 amide bonds. The van der Waals surface area contributed by atoms with Crippen LogP contribution >= 0.6 is 0 Å². The van der Waals surface area contributed by atoms with Crippen LogP contribution in [-0.2, 0) is 57.1 Å². The number of ether oxygens (including phenoxy) is 7. The van der Waals surface area contributed by atoms with Crippen LogP contribution < -0.4 is 0 Å². The zero-order valence-electron chi connectivity index (χ0n) is 20.7. The second kappa shape index (κ2) is 13.5. The van der Waals surface area contributed by atoms with Crippen molar-refractivity contribution < 1.29 is 57.1 Å². The molecule has 1 aliphatic heterocycles. The van der Waals surface area contributed by atoms with Gasteiger partial charge in [-0.15, -0.1) is 0 Å². The molecule has 12 nitrogen and oxygen atoms in total. The second-order valence-electron chi connectivity index (χ2n) is 7.92. The van der Waals surface area contributed by atoms with E-state index in [1.165, 1.54) is 13.8 Å². The first-order valence-electron chi connectivity index (χ1n) is 11.1. The quantitative estimate of drug-likeness (QED) is 0.330. The maximum Gasteiger partial charge on any atom is 0.303 e. The molecule has 4 unspecified atom stereocenters. The summed E-state index contributed by atoms with van der Waals surface area (Å²) in [6, 6.07) is 8.63. The van der Waals surface area contributed by atoms with Crippen molar-refractivity contribution in [2.45, 2.75) is 71.4 Å². The summed E-state index contributed by atoms with van der Waals surface area (Å²) in [6.07, 6.45) is -7.39. The van der Waals surface area contributed by atoms with Crippen LogP contribution in [0.15, 0.2) is 30.3 Å². The van der Waals surface area contributed by atoms with Gasteiger partial charge in [0.25, 0.3) is 0 Å². The Labute approximate surface area is 208 Å². The average Bonchev–Trinajstić information content (AvgIpc) is 2.79. The lowest BCUT2D eigenvalue weighted by molar-refractivity contribution is -0.325. The topological polar surface area (TPSA) is 150 Å². The predicted octanol–water partition coefficient (Wildman–Crippen LogP) is 1.39. The molecule has 0 saturated carbocycles. The lowest BCUT2D eigenvalue weighted by atomic mass is 9.96. The van der Waals surface area contributed by atoms with E-state index in [9.17, 15) is 24.0 Å². The number of rotatable bonds is 10. The third kappa shape index (κ3) is 8.93. The number of benzene rings is 1. The van der Waals surface area contributed by atoms with Crippen molar-refractivity contribution in [3.05, 3.63) is 35.9 Å². The molecule has 1 fully saturated rings. The second-order valence-corrected chi connectivity index (χ2v) is 7.92. The molecule has 36 heavy (non-hydrogen) atoms. The van der Waals surface area contributed by atoms with Gasteiger partial charge in [0.05, 0.1) is 0 Å². The van der Waals surface area contributed by atoms with Crippen molar-refractivity contribution in [1.29, 1.82) is 0 Å². The molecule has 1 aromatic carbocycles. The van der Waals surface area contributed by atoms with Gasteiger partial charge in [-0.25, -0.2) is 0 Å². The first-order chi connectivity index (χ1) is 17.0. The molecule has 1 aromatic rings. The predicted molar refractivity (Wildman–Crippen MR) is 119 cm³/mol. The van der Waals surface area contributed by atoms with Gasteiger partial charge >= 0.3 is 29.8 Å². The van der Waals surface area contributed by atoms with Crippen LogP contribution in [-0.4, -0.2) is 73.6 Å². The molecule has 0 aromatic heterocycles. The molecular formula is C24H30O12. The third-order valence-corrected chi connectivity index (χ3v) is 4.85. The van der Waals surface area contributed by atoms with Gasteiger partial charge in [0.1, 0.15) is 25.4 Å². The molecule has 0 bridgehead atoms. The van der Waals surface area contributed by atoms with Crippen LogP contribution in [0.1, 0.15) is 46.5 Å². The van der Waals surface area contributed by atoms with Gasteiger partial charge < -0.3 is 33.2 Å². The molecule has 198 valence electrons. The van der Waals surface area contributed by atoms with Gasteiger partial charge in [-0.2, -0.15) is 0 Å². The minimum absolute atomic E-state index is 0.423. The normalized spacial score (nSPS) is 22.9. The van der Waals surface area contributed by atoms with Crippen LogP contribution in [0.3, 0.4) is 0 Å². The highest BCUT2D eigenvalue weighted by Crippen LogP contribution is 2.36. The number of hydrogen-bond donors (Lipinski definition) is 0. The van der Waals surface area contributed by atoms with Crippen molar-refractivity contribution in [2.24, 2.45) is 0 Å². The Kier molecular flexibility index (Phi) is 10.8. The van der Waals surface area contributed by atoms with Crippen LogP contribution in [0.25, 0.3) is 0 Å². The van der Waals surface area contributed by atoms with E-state index in [1.807, 2.05) is 0 Å². The summed E-state index contributed by atoms with van der Waals surface area (Å²) < 4.78 is 38.5. The monoisotopic (exact) mass is 510 g/mol. The molecule has 4 atom stereocenters. The smallest absolute Gasteiger partial charge is 0.303 e. The standard InChI is InChI=1S/C24H30O12/c1-13(25)30-11-19(32-15(3)27)21-23(34-17(5)29)22(20(33-16(4)28)12-31-14(2)26)36-24(35-21)18-9-7-6-8-10-18/h6-10,19-24H,11-12H2,1-5H3. The molecule has 0 aliphatic carbocycles. The number of hydrogen-bond acceptors (Lipinski definition) is 12. The molecule has 0 spiro atoms. The van der Waals surface area contributed by atoms with E-state index in [4.69, 9.17) is 33.2 Å². The Bertz CT molecular complexity index is 882. The molecule has 12 heteroatoms. The fraction of sp³-hybridized carbons (Fsp3) is 0.542. The first-order valence-corrected chi connectivity index (χ1v) is 11.1. The van der Waals surface area contributed by atoms with Crippen molar-refractivity contribution >= 4 is 29.8 Å². The van der Waals surface area contributed by atoms with Crippen molar-refractivity contribution in [2.75, 3.05) is 13.2 Å². The fourth-order valence-electron chi connectivity index (χ4n) is 3.57. The van der Waals surface area contributed by atoms with Gasteiger partial charge in [0.2, 0.25) is 0 Å². The van der Waals surface area contributed by atoms with Gasteiger partial charge in [-0.05, 0) is 0 Å². The molecule has 0 radical (unpaired) electrons. The van der Waals surface area contributed by atoms with Crippen molar-refractivity contribution in [3.8, 4) is 0 Å². The van der Waals surface area contributed by atoms with E-state index in [2.05, 4.69) is 0 Å². The number of carbonyl (C=O) groups is 5. The molecule has 1 heterocycles. The molecule has 0 N–H and O–H groups in total. The molecular weight excluding hydrogens is 480 g/mol. The van der Waals surface area contributed by atoms with E-state index >= 15 is 0 Å². The maximum atomic E-state index is 12.1. The van der Waals surface area contributed by atoms with Gasteiger partial charge in [0, 0.05) is 40.2 Å². The van der Waals surface area contributed by atoms with E-state index in [0.29, 0.717) is 5.56 Å². The summed E-state index contributed by atoms with van der Waals surface area (Å²) in [5.41, 5.74) is 0.539. The van der Waals surface area contributed by atoms with Crippen LogP contribution in [0.2, 0.25) is 0 Å². The van der Waals surface area contributed by atoms with E-state index in [0.717, 1.165) is 20.8 Å². The molecule has 1 saturated heterocycles. The average molecular weight is 510 g/mol. The summed E-state index contributed by atoms with van der Waals surface area (Å²) in [7, 11) is 0. The third-order valence-electron chi connectivity index (χ3n) is 4.85. The minimum Gasteiger partial charge on any atom is -0.462 e. The van der Waals surface area contributed by atoms with E-state index in [-0.39, 0.29) is 0 Å². The Morgan fingerprint density at radius 1 is 0.694 bits per heavy atom. The lowest BCUT2D eigenvalue weighted by Crippen LogP contribution is -2.60. The maximum absolute atomic E-state index is 12.1. The van der Waals surface area contributed by atoms with Gasteiger partial charge in [0.15, 0.2) is 24.6 Å². The van der Waals surface area contributed by atoms with E-state index in [1.54, 1.807) is 30.3 Å². The van der Waals surface area contributed by atoms with Crippen LogP contribution in [0.4, 0.5) is 0 Å².